The van der Waals surface area contributed by atoms with Crippen molar-refractivity contribution in [2.45, 2.75) is 19.5 Å². The number of likely N-dealkylation sites (N-methyl/N-ethyl adjacent to an activating group) is 1. The van der Waals surface area contributed by atoms with Crippen LogP contribution in [-0.2, 0) is 6.54 Å². The third-order valence-electron chi connectivity index (χ3n) is 5.02. The van der Waals surface area contributed by atoms with Crippen LogP contribution < -0.4 is 15.1 Å². The molecule has 0 fully saturated rings. The largest absolute Gasteiger partial charge is 0.372 e. The first-order valence-corrected chi connectivity index (χ1v) is 9.37. The molecule has 0 aliphatic carbocycles. The number of benzene rings is 2. The fraction of sp³-hybridized carbons (Fsp3) is 0.227. The second-order valence-corrected chi connectivity index (χ2v) is 7.08. The van der Waals surface area contributed by atoms with Crippen molar-refractivity contribution in [3.05, 3.63) is 78.0 Å². The van der Waals surface area contributed by atoms with Crippen LogP contribution in [0.4, 0.5) is 17.2 Å². The topological polar surface area (TPSA) is 61.4 Å². The van der Waals surface area contributed by atoms with Crippen LogP contribution in [0.1, 0.15) is 23.0 Å². The molecule has 1 atom stereocenters. The summed E-state index contributed by atoms with van der Waals surface area (Å²) < 4.78 is 0. The van der Waals surface area contributed by atoms with Crippen LogP contribution in [0.3, 0.4) is 0 Å². The average Bonchev–Trinajstić information content (AvgIpc) is 2.85. The van der Waals surface area contributed by atoms with Gasteiger partial charge >= 0.3 is 0 Å². The zero-order valence-electron chi connectivity index (χ0n) is 16.0. The van der Waals surface area contributed by atoms with Crippen molar-refractivity contribution in [3.8, 4) is 0 Å². The van der Waals surface area contributed by atoms with Crippen LogP contribution in [0.15, 0.2) is 66.7 Å². The Morgan fingerprint density at radius 1 is 1.00 bits per heavy atom. The monoisotopic (exact) mass is 373 g/mol. The third-order valence-corrected chi connectivity index (χ3v) is 5.02. The van der Waals surface area contributed by atoms with Crippen LogP contribution in [0, 0.1) is 0 Å². The van der Waals surface area contributed by atoms with Gasteiger partial charge in [0.05, 0.1) is 0 Å². The van der Waals surface area contributed by atoms with Crippen LogP contribution in [-0.4, -0.2) is 35.7 Å². The molecule has 1 amide bonds. The highest BCUT2D eigenvalue weighted by molar-refractivity contribution is 6.02. The van der Waals surface area contributed by atoms with Crippen molar-refractivity contribution >= 4 is 23.1 Å². The second-order valence-electron chi connectivity index (χ2n) is 7.08. The van der Waals surface area contributed by atoms with Crippen LogP contribution in [0.25, 0.3) is 0 Å². The number of carbonyl (C=O) groups excluding carboxylic acids is 1. The number of amides is 1. The van der Waals surface area contributed by atoms with E-state index in [4.69, 9.17) is 0 Å². The van der Waals surface area contributed by atoms with E-state index in [1.165, 1.54) is 11.3 Å². The van der Waals surface area contributed by atoms with E-state index in [2.05, 4.69) is 63.6 Å². The zero-order valence-corrected chi connectivity index (χ0v) is 16.0. The first-order chi connectivity index (χ1) is 13.6. The Labute approximate surface area is 164 Å². The predicted octanol–water partition coefficient (Wildman–Crippen LogP) is 3.57. The molecule has 6 nitrogen and oxygen atoms in total. The van der Waals surface area contributed by atoms with E-state index in [1.54, 1.807) is 6.07 Å². The lowest BCUT2D eigenvalue weighted by molar-refractivity contribution is 0.102. The van der Waals surface area contributed by atoms with Crippen molar-refractivity contribution < 1.29 is 4.79 Å². The number of fused-ring (bicyclic) bond motifs is 1. The highest BCUT2D eigenvalue weighted by Gasteiger charge is 2.24. The molecule has 0 saturated carbocycles. The van der Waals surface area contributed by atoms with Gasteiger partial charge in [0.25, 0.3) is 5.91 Å². The predicted molar refractivity (Wildman–Crippen MR) is 112 cm³/mol. The molecular weight excluding hydrogens is 350 g/mol. The smallest absolute Gasteiger partial charge is 0.276 e. The first kappa shape index (κ1) is 18.0. The number of anilines is 3. The highest BCUT2D eigenvalue weighted by Crippen LogP contribution is 2.28. The number of hydrogen-bond donors (Lipinski definition) is 1. The molecule has 0 spiro atoms. The molecule has 6 heteroatoms. The van der Waals surface area contributed by atoms with Crippen LogP contribution in [0.5, 0.6) is 0 Å². The van der Waals surface area contributed by atoms with Gasteiger partial charge in [0.15, 0.2) is 11.5 Å². The number of carbonyl (C=O) groups is 1. The molecule has 1 N–H and O–H groups in total. The molecule has 0 bridgehead atoms. The van der Waals surface area contributed by atoms with E-state index in [0.717, 1.165) is 24.6 Å². The summed E-state index contributed by atoms with van der Waals surface area (Å²) in [5, 5.41) is 11.4. The second kappa shape index (κ2) is 7.68. The number of aromatic nitrogens is 2. The molecule has 4 rings (SSSR count). The van der Waals surface area contributed by atoms with E-state index >= 15 is 0 Å². The minimum Gasteiger partial charge on any atom is -0.372 e. The zero-order chi connectivity index (χ0) is 19.5. The van der Waals surface area contributed by atoms with Gasteiger partial charge in [0.2, 0.25) is 0 Å². The van der Waals surface area contributed by atoms with Crippen molar-refractivity contribution in [1.82, 2.24) is 10.2 Å². The van der Waals surface area contributed by atoms with Gasteiger partial charge < -0.3 is 15.1 Å². The number of nitrogens with zero attached hydrogens (tertiary/aromatic N) is 4. The first-order valence-electron chi connectivity index (χ1n) is 9.37. The van der Waals surface area contributed by atoms with Gasteiger partial charge in [-0.05, 0) is 42.8 Å². The summed E-state index contributed by atoms with van der Waals surface area (Å²) in [6.45, 7) is 3.82. The van der Waals surface area contributed by atoms with Crippen molar-refractivity contribution in [2.75, 3.05) is 28.7 Å². The molecule has 142 valence electrons. The van der Waals surface area contributed by atoms with Crippen LogP contribution in [0.2, 0.25) is 0 Å². The average molecular weight is 373 g/mol. The van der Waals surface area contributed by atoms with Gasteiger partial charge in [-0.1, -0.05) is 36.4 Å². The van der Waals surface area contributed by atoms with Crippen molar-refractivity contribution in [2.24, 2.45) is 0 Å². The molecule has 1 unspecified atom stereocenters. The molecule has 2 aromatic carbocycles. The fourth-order valence-corrected chi connectivity index (χ4v) is 3.57. The summed E-state index contributed by atoms with van der Waals surface area (Å²) in [6, 6.07) is 21.6. The molecule has 1 aliphatic heterocycles. The Balaban J connectivity index is 1.54. The minimum atomic E-state index is -0.265. The van der Waals surface area contributed by atoms with Gasteiger partial charge in [-0.25, -0.2) is 0 Å². The Bertz CT molecular complexity index is 958. The van der Waals surface area contributed by atoms with Gasteiger partial charge in [0.1, 0.15) is 0 Å². The molecule has 28 heavy (non-hydrogen) atoms. The van der Waals surface area contributed by atoms with E-state index in [0.29, 0.717) is 5.69 Å². The Hall–Kier alpha value is -3.41. The van der Waals surface area contributed by atoms with E-state index in [1.807, 2.05) is 36.4 Å². The van der Waals surface area contributed by atoms with E-state index in [-0.39, 0.29) is 11.9 Å². The lowest BCUT2D eigenvalue weighted by Gasteiger charge is -2.29. The quantitative estimate of drug-likeness (QED) is 0.760. The lowest BCUT2D eigenvalue weighted by atomic mass is 10.1. The van der Waals surface area contributed by atoms with E-state index < -0.39 is 0 Å². The summed E-state index contributed by atoms with van der Waals surface area (Å²) in [5.74, 6) is 0.508. The maximum Gasteiger partial charge on any atom is 0.276 e. The van der Waals surface area contributed by atoms with Crippen molar-refractivity contribution in [1.29, 1.82) is 0 Å². The van der Waals surface area contributed by atoms with Gasteiger partial charge in [-0.15, -0.1) is 10.2 Å². The number of rotatable bonds is 3. The standard InChI is InChI=1S/C22H23N5O/c1-16-14-26(2)20-11-7-6-8-17(20)15-27(16)21-13-12-19(24-25-21)22(28)23-18-9-4-3-5-10-18/h3-13,16H,14-15H2,1-2H3,(H,23,28). The number of hydrogen-bond acceptors (Lipinski definition) is 5. The SMILES string of the molecule is CC1CN(C)c2ccccc2CN1c1ccc(C(=O)Nc2ccccc2)nn1. The maximum atomic E-state index is 12.4. The van der Waals surface area contributed by atoms with Crippen molar-refractivity contribution in [3.63, 3.8) is 0 Å². The summed E-state index contributed by atoms with van der Waals surface area (Å²) in [7, 11) is 2.11. The Kier molecular flexibility index (Phi) is 4.93. The summed E-state index contributed by atoms with van der Waals surface area (Å²) in [5.41, 5.74) is 3.53. The number of para-hydroxylation sites is 2. The van der Waals surface area contributed by atoms with Gasteiger partial charge in [-0.2, -0.15) is 0 Å². The number of nitrogens with one attached hydrogen (secondary N) is 1. The molecular formula is C22H23N5O. The molecule has 0 saturated heterocycles. The van der Waals surface area contributed by atoms with Gasteiger partial charge in [0, 0.05) is 37.6 Å². The minimum absolute atomic E-state index is 0.260. The van der Waals surface area contributed by atoms with Gasteiger partial charge in [-0.3, -0.25) is 4.79 Å². The summed E-state index contributed by atoms with van der Waals surface area (Å²) in [6.07, 6.45) is 0. The van der Waals surface area contributed by atoms with E-state index in [9.17, 15) is 4.79 Å². The maximum absolute atomic E-state index is 12.4. The molecule has 1 aromatic heterocycles. The summed E-state index contributed by atoms with van der Waals surface area (Å²) >= 11 is 0. The fourth-order valence-electron chi connectivity index (χ4n) is 3.57. The summed E-state index contributed by atoms with van der Waals surface area (Å²) in [4.78, 5) is 16.9. The van der Waals surface area contributed by atoms with Crippen LogP contribution >= 0.6 is 0 Å². The Morgan fingerprint density at radius 2 is 1.75 bits per heavy atom. The highest BCUT2D eigenvalue weighted by atomic mass is 16.1. The Morgan fingerprint density at radius 3 is 2.50 bits per heavy atom. The molecule has 1 aliphatic rings. The molecule has 3 aromatic rings. The molecule has 2 heterocycles. The lowest BCUT2D eigenvalue weighted by Crippen LogP contribution is -2.38. The third kappa shape index (κ3) is 3.67. The molecule has 0 radical (unpaired) electrons. The normalized spacial score (nSPS) is 16.3.